The van der Waals surface area contributed by atoms with Gasteiger partial charge in [-0.05, 0) is 25.5 Å². The van der Waals surface area contributed by atoms with Crippen molar-refractivity contribution in [2.75, 3.05) is 6.54 Å². The van der Waals surface area contributed by atoms with Crippen molar-refractivity contribution in [1.82, 2.24) is 10.6 Å². The molecular formula is C13H20F3N3. The van der Waals surface area contributed by atoms with Gasteiger partial charge in [0.1, 0.15) is 0 Å². The van der Waals surface area contributed by atoms with Crippen LogP contribution in [-0.2, 0) is 0 Å². The Kier molecular flexibility index (Phi) is 5.95. The Morgan fingerprint density at radius 3 is 2.47 bits per heavy atom. The van der Waals surface area contributed by atoms with E-state index in [0.29, 0.717) is 5.70 Å². The maximum Gasteiger partial charge on any atom is 0.414 e. The van der Waals surface area contributed by atoms with Crippen LogP contribution in [0.25, 0.3) is 0 Å². The summed E-state index contributed by atoms with van der Waals surface area (Å²) in [6.45, 7) is 3.55. The first-order valence-electron chi connectivity index (χ1n) is 6.26. The summed E-state index contributed by atoms with van der Waals surface area (Å²) < 4.78 is 38.5. The summed E-state index contributed by atoms with van der Waals surface area (Å²) in [4.78, 5) is 0. The van der Waals surface area contributed by atoms with Crippen molar-refractivity contribution >= 4 is 0 Å². The second kappa shape index (κ2) is 7.23. The standard InChI is InChI=1S/C13H20F3N3/c1-2-18-9-10(13(14,15)16)8-12(6-7-17)19-11-4-3-5-11/h2,6,9,11,18-19H,1,3-5,7-8,17H2/b10-9+,12-6+. The molecule has 108 valence electrons. The van der Waals surface area contributed by atoms with Crippen molar-refractivity contribution in [2.45, 2.75) is 37.9 Å². The molecule has 0 unspecified atom stereocenters. The lowest BCUT2D eigenvalue weighted by atomic mass is 9.92. The third kappa shape index (κ3) is 5.38. The lowest BCUT2D eigenvalue weighted by Gasteiger charge is -2.29. The maximum atomic E-state index is 12.8. The average molecular weight is 275 g/mol. The molecule has 0 radical (unpaired) electrons. The molecule has 1 rings (SSSR count). The molecule has 0 aliphatic heterocycles. The van der Waals surface area contributed by atoms with Crippen molar-refractivity contribution in [2.24, 2.45) is 5.73 Å². The lowest BCUT2D eigenvalue weighted by molar-refractivity contribution is -0.0936. The van der Waals surface area contributed by atoms with Crippen LogP contribution in [0.3, 0.4) is 0 Å². The molecule has 0 aromatic carbocycles. The summed E-state index contributed by atoms with van der Waals surface area (Å²) in [5.74, 6) is 0. The van der Waals surface area contributed by atoms with Crippen LogP contribution in [0, 0.1) is 0 Å². The zero-order valence-electron chi connectivity index (χ0n) is 10.8. The number of alkyl halides is 3. The molecule has 1 aliphatic carbocycles. The number of halogens is 3. The summed E-state index contributed by atoms with van der Waals surface area (Å²) >= 11 is 0. The first-order chi connectivity index (χ1) is 8.97. The zero-order chi connectivity index (χ0) is 14.3. The van der Waals surface area contributed by atoms with E-state index in [4.69, 9.17) is 5.73 Å². The molecule has 0 aromatic heterocycles. The maximum absolute atomic E-state index is 12.8. The summed E-state index contributed by atoms with van der Waals surface area (Å²) in [5, 5.41) is 5.50. The molecule has 1 fully saturated rings. The van der Waals surface area contributed by atoms with E-state index < -0.39 is 11.7 Å². The molecule has 0 atom stereocenters. The fourth-order valence-electron chi connectivity index (χ4n) is 1.74. The Bertz CT molecular complexity index is 355. The van der Waals surface area contributed by atoms with Gasteiger partial charge < -0.3 is 16.4 Å². The van der Waals surface area contributed by atoms with Crippen LogP contribution >= 0.6 is 0 Å². The molecule has 1 saturated carbocycles. The SMILES string of the molecule is C=CN/C=C(\C/C(=C\CN)NC1CCC1)C(F)(F)F. The highest BCUT2D eigenvalue weighted by molar-refractivity contribution is 5.19. The van der Waals surface area contributed by atoms with Crippen LogP contribution in [-0.4, -0.2) is 18.8 Å². The summed E-state index contributed by atoms with van der Waals surface area (Å²) in [6, 6.07) is 0.277. The normalized spacial score (nSPS) is 17.9. The highest BCUT2D eigenvalue weighted by Gasteiger charge is 2.34. The van der Waals surface area contributed by atoms with E-state index in [1.54, 1.807) is 6.08 Å². The lowest BCUT2D eigenvalue weighted by Crippen LogP contribution is -2.35. The second-order valence-electron chi connectivity index (χ2n) is 4.45. The quantitative estimate of drug-likeness (QED) is 0.669. The van der Waals surface area contributed by atoms with Gasteiger partial charge in [-0.3, -0.25) is 0 Å². The van der Waals surface area contributed by atoms with Crippen LogP contribution in [0.15, 0.2) is 36.3 Å². The van der Waals surface area contributed by atoms with E-state index >= 15 is 0 Å². The third-order valence-electron chi connectivity index (χ3n) is 2.98. The Morgan fingerprint density at radius 1 is 1.37 bits per heavy atom. The van der Waals surface area contributed by atoms with Crippen LogP contribution in [0.4, 0.5) is 13.2 Å². The van der Waals surface area contributed by atoms with Gasteiger partial charge in [-0.15, -0.1) is 0 Å². The molecule has 1 aliphatic rings. The molecule has 6 heteroatoms. The summed E-state index contributed by atoms with van der Waals surface area (Å²) in [5.41, 5.74) is 5.28. The van der Waals surface area contributed by atoms with Crippen molar-refractivity contribution in [3.63, 3.8) is 0 Å². The minimum atomic E-state index is -4.37. The molecular weight excluding hydrogens is 255 g/mol. The topological polar surface area (TPSA) is 50.1 Å². The van der Waals surface area contributed by atoms with Crippen molar-refractivity contribution < 1.29 is 13.2 Å². The Balaban J connectivity index is 2.72. The second-order valence-corrected chi connectivity index (χ2v) is 4.45. The van der Waals surface area contributed by atoms with E-state index in [0.717, 1.165) is 25.5 Å². The monoisotopic (exact) mass is 275 g/mol. The van der Waals surface area contributed by atoms with Crippen molar-refractivity contribution in [3.8, 4) is 0 Å². The highest BCUT2D eigenvalue weighted by Crippen LogP contribution is 2.30. The average Bonchev–Trinajstić information content (AvgIpc) is 2.27. The van der Waals surface area contributed by atoms with Crippen LogP contribution < -0.4 is 16.4 Å². The molecule has 0 amide bonds. The van der Waals surface area contributed by atoms with Crippen LogP contribution in [0.5, 0.6) is 0 Å². The van der Waals surface area contributed by atoms with E-state index in [1.807, 2.05) is 0 Å². The Hall–Kier alpha value is -1.43. The van der Waals surface area contributed by atoms with Crippen LogP contribution in [0.2, 0.25) is 0 Å². The van der Waals surface area contributed by atoms with E-state index in [-0.39, 0.29) is 19.0 Å². The van der Waals surface area contributed by atoms with E-state index in [9.17, 15) is 13.2 Å². The largest absolute Gasteiger partial charge is 0.414 e. The first-order valence-corrected chi connectivity index (χ1v) is 6.26. The zero-order valence-corrected chi connectivity index (χ0v) is 10.8. The molecule has 0 heterocycles. The number of hydrogen-bond acceptors (Lipinski definition) is 3. The van der Waals surface area contributed by atoms with Gasteiger partial charge in [0, 0.05) is 30.9 Å². The van der Waals surface area contributed by atoms with Gasteiger partial charge in [-0.25, -0.2) is 0 Å². The van der Waals surface area contributed by atoms with Gasteiger partial charge >= 0.3 is 6.18 Å². The first kappa shape index (κ1) is 15.6. The van der Waals surface area contributed by atoms with Gasteiger partial charge in [-0.1, -0.05) is 12.7 Å². The molecule has 3 nitrogen and oxygen atoms in total. The molecule has 4 N–H and O–H groups in total. The molecule has 19 heavy (non-hydrogen) atoms. The van der Waals surface area contributed by atoms with Crippen LogP contribution in [0.1, 0.15) is 25.7 Å². The predicted octanol–water partition coefficient (Wildman–Crippen LogP) is 2.54. The molecule has 0 bridgehead atoms. The minimum Gasteiger partial charge on any atom is -0.386 e. The fourth-order valence-corrected chi connectivity index (χ4v) is 1.74. The van der Waals surface area contributed by atoms with Gasteiger partial charge in [0.2, 0.25) is 0 Å². The third-order valence-corrected chi connectivity index (χ3v) is 2.98. The highest BCUT2D eigenvalue weighted by atomic mass is 19.4. The Morgan fingerprint density at radius 2 is 2.05 bits per heavy atom. The molecule has 0 spiro atoms. The number of nitrogens with one attached hydrogen (secondary N) is 2. The minimum absolute atomic E-state index is 0.210. The predicted molar refractivity (Wildman–Crippen MR) is 70.0 cm³/mol. The Labute approximate surface area is 111 Å². The number of hydrogen-bond donors (Lipinski definition) is 3. The molecule has 0 saturated heterocycles. The van der Waals surface area contributed by atoms with E-state index in [2.05, 4.69) is 17.2 Å². The number of rotatable bonds is 7. The van der Waals surface area contributed by atoms with Crippen molar-refractivity contribution in [3.05, 3.63) is 36.3 Å². The summed E-state index contributed by atoms with van der Waals surface area (Å²) in [7, 11) is 0. The van der Waals surface area contributed by atoms with Gasteiger partial charge in [0.25, 0.3) is 0 Å². The van der Waals surface area contributed by atoms with Crippen molar-refractivity contribution in [1.29, 1.82) is 0 Å². The number of allylic oxidation sites excluding steroid dienone is 1. The van der Waals surface area contributed by atoms with Gasteiger partial charge in [0.05, 0.1) is 5.57 Å². The van der Waals surface area contributed by atoms with Gasteiger partial charge in [-0.2, -0.15) is 13.2 Å². The fraction of sp³-hybridized carbons (Fsp3) is 0.538. The van der Waals surface area contributed by atoms with Gasteiger partial charge in [0.15, 0.2) is 0 Å². The summed E-state index contributed by atoms with van der Waals surface area (Å²) in [6.07, 6.45) is 2.27. The number of nitrogens with two attached hydrogens (primary N) is 1. The van der Waals surface area contributed by atoms with E-state index in [1.165, 1.54) is 6.20 Å². The molecule has 0 aromatic rings. The smallest absolute Gasteiger partial charge is 0.386 e.